The second-order valence-electron chi connectivity index (χ2n) is 4.92. The Labute approximate surface area is 112 Å². The molecule has 5 atom stereocenters. The van der Waals surface area contributed by atoms with Gasteiger partial charge in [-0.1, -0.05) is 30.3 Å². The third kappa shape index (κ3) is 3.52. The Bertz CT molecular complexity index is 386. The second kappa shape index (κ2) is 6.45. The number of aliphatic hydroxyl groups is 3. The summed E-state index contributed by atoms with van der Waals surface area (Å²) < 4.78 is 5.45. The minimum atomic E-state index is -1.18. The molecule has 0 aromatic heterocycles. The molecule has 4 N–H and O–H groups in total. The summed E-state index contributed by atoms with van der Waals surface area (Å²) in [6.07, 6.45) is -3.72. The predicted octanol–water partition coefficient (Wildman–Crippen LogP) is -0.354. The van der Waals surface area contributed by atoms with E-state index in [-0.39, 0.29) is 0 Å². The molecular weight excluding hydrogens is 246 g/mol. The van der Waals surface area contributed by atoms with Crippen LogP contribution in [0.25, 0.3) is 0 Å². The van der Waals surface area contributed by atoms with Gasteiger partial charge < -0.3 is 20.1 Å². The monoisotopic (exact) mass is 267 g/mol. The van der Waals surface area contributed by atoms with Crippen LogP contribution in [0.4, 0.5) is 0 Å². The van der Waals surface area contributed by atoms with Gasteiger partial charge in [-0.15, -0.1) is 0 Å². The number of hydrogen-bond donors (Lipinski definition) is 4. The maximum atomic E-state index is 9.83. The van der Waals surface area contributed by atoms with Crippen LogP contribution in [0.15, 0.2) is 30.3 Å². The lowest BCUT2D eigenvalue weighted by molar-refractivity contribution is -0.224. The molecule has 2 rings (SSSR count). The molecule has 19 heavy (non-hydrogen) atoms. The third-order valence-electron chi connectivity index (χ3n) is 3.45. The van der Waals surface area contributed by atoms with E-state index in [9.17, 15) is 15.3 Å². The van der Waals surface area contributed by atoms with E-state index in [0.29, 0.717) is 6.54 Å². The van der Waals surface area contributed by atoms with Crippen molar-refractivity contribution in [2.75, 3.05) is 6.54 Å². The molecule has 1 aliphatic heterocycles. The summed E-state index contributed by atoms with van der Waals surface area (Å²) in [5, 5.41) is 32.1. The number of aliphatic hydroxyl groups excluding tert-OH is 3. The maximum Gasteiger partial charge on any atom is 0.137 e. The first-order chi connectivity index (χ1) is 9.09. The topological polar surface area (TPSA) is 82.0 Å². The highest BCUT2D eigenvalue weighted by Crippen LogP contribution is 2.19. The van der Waals surface area contributed by atoms with Crippen LogP contribution in [-0.4, -0.2) is 52.5 Å². The zero-order valence-electron chi connectivity index (χ0n) is 10.9. The molecule has 1 fully saturated rings. The maximum absolute atomic E-state index is 9.83. The fourth-order valence-electron chi connectivity index (χ4n) is 2.22. The van der Waals surface area contributed by atoms with Crippen molar-refractivity contribution < 1.29 is 20.1 Å². The molecule has 1 saturated heterocycles. The van der Waals surface area contributed by atoms with Gasteiger partial charge in [-0.3, -0.25) is 5.32 Å². The summed E-state index contributed by atoms with van der Waals surface area (Å²) in [6.45, 7) is 2.30. The van der Waals surface area contributed by atoms with Crippen molar-refractivity contribution in [2.45, 2.75) is 44.0 Å². The van der Waals surface area contributed by atoms with Gasteiger partial charge in [0.2, 0.25) is 0 Å². The summed E-state index contributed by atoms with van der Waals surface area (Å²) in [5.41, 5.74) is 1.19. The number of benzene rings is 1. The van der Waals surface area contributed by atoms with Gasteiger partial charge in [-0.25, -0.2) is 0 Å². The van der Waals surface area contributed by atoms with Crippen LogP contribution in [0.3, 0.4) is 0 Å². The van der Waals surface area contributed by atoms with E-state index in [0.717, 1.165) is 6.42 Å². The average molecular weight is 267 g/mol. The Hall–Kier alpha value is -0.980. The molecule has 0 amide bonds. The highest BCUT2D eigenvalue weighted by Gasteiger charge is 2.41. The van der Waals surface area contributed by atoms with Crippen LogP contribution in [0.5, 0.6) is 0 Å². The van der Waals surface area contributed by atoms with Gasteiger partial charge in [0.15, 0.2) is 0 Å². The Kier molecular flexibility index (Phi) is 4.90. The first-order valence-corrected chi connectivity index (χ1v) is 6.56. The number of nitrogens with one attached hydrogen (secondary N) is 1. The van der Waals surface area contributed by atoms with E-state index in [1.165, 1.54) is 5.56 Å². The standard InChI is InChI=1S/C14H21NO4/c1-9-11(16)12(17)13(18)14(19-9)15-8-7-10-5-3-2-4-6-10/h2-6,9,11-18H,7-8H2,1H3/t9-,11+,12-,13-,14+/m0/s1. The minimum absolute atomic E-state index is 0.507. The largest absolute Gasteiger partial charge is 0.388 e. The van der Waals surface area contributed by atoms with Gasteiger partial charge in [0, 0.05) is 6.54 Å². The van der Waals surface area contributed by atoms with Crippen molar-refractivity contribution in [3.63, 3.8) is 0 Å². The van der Waals surface area contributed by atoms with E-state index in [1.54, 1.807) is 6.92 Å². The van der Waals surface area contributed by atoms with Crippen LogP contribution >= 0.6 is 0 Å². The zero-order valence-corrected chi connectivity index (χ0v) is 10.9. The quantitative estimate of drug-likeness (QED) is 0.599. The molecule has 0 bridgehead atoms. The van der Waals surface area contributed by atoms with Crippen molar-refractivity contribution >= 4 is 0 Å². The van der Waals surface area contributed by atoms with Gasteiger partial charge in [0.05, 0.1) is 6.10 Å². The van der Waals surface area contributed by atoms with Gasteiger partial charge in [-0.2, -0.15) is 0 Å². The molecule has 5 heteroatoms. The molecule has 0 aliphatic carbocycles. The Morgan fingerprint density at radius 3 is 2.42 bits per heavy atom. The lowest BCUT2D eigenvalue weighted by Crippen LogP contribution is -2.61. The second-order valence-corrected chi connectivity index (χ2v) is 4.92. The van der Waals surface area contributed by atoms with Crippen molar-refractivity contribution in [3.8, 4) is 0 Å². The molecular formula is C14H21NO4. The number of hydrogen-bond acceptors (Lipinski definition) is 5. The average Bonchev–Trinajstić information content (AvgIpc) is 2.43. The fourth-order valence-corrected chi connectivity index (χ4v) is 2.22. The van der Waals surface area contributed by atoms with Crippen molar-refractivity contribution in [1.82, 2.24) is 5.32 Å². The highest BCUT2D eigenvalue weighted by atomic mass is 16.5. The molecule has 106 valence electrons. The van der Waals surface area contributed by atoms with Crippen LogP contribution in [0.1, 0.15) is 12.5 Å². The van der Waals surface area contributed by atoms with Gasteiger partial charge in [0.25, 0.3) is 0 Å². The summed E-state index contributed by atoms with van der Waals surface area (Å²) in [6, 6.07) is 9.97. The van der Waals surface area contributed by atoms with Crippen molar-refractivity contribution in [1.29, 1.82) is 0 Å². The lowest BCUT2D eigenvalue weighted by Gasteiger charge is -2.39. The summed E-state index contributed by atoms with van der Waals surface area (Å²) in [4.78, 5) is 0. The molecule has 1 aromatic rings. The Morgan fingerprint density at radius 2 is 1.74 bits per heavy atom. The van der Waals surface area contributed by atoms with E-state index >= 15 is 0 Å². The normalized spacial score (nSPS) is 35.3. The molecule has 1 heterocycles. The van der Waals surface area contributed by atoms with Crippen molar-refractivity contribution in [3.05, 3.63) is 35.9 Å². The van der Waals surface area contributed by atoms with Gasteiger partial charge in [-0.05, 0) is 18.9 Å². The van der Waals surface area contributed by atoms with E-state index in [1.807, 2.05) is 30.3 Å². The lowest BCUT2D eigenvalue weighted by atomic mass is 9.99. The fraction of sp³-hybridized carbons (Fsp3) is 0.571. The molecule has 0 saturated carbocycles. The smallest absolute Gasteiger partial charge is 0.137 e. The van der Waals surface area contributed by atoms with Crippen LogP contribution in [-0.2, 0) is 11.2 Å². The van der Waals surface area contributed by atoms with Gasteiger partial charge >= 0.3 is 0 Å². The summed E-state index contributed by atoms with van der Waals surface area (Å²) >= 11 is 0. The summed E-state index contributed by atoms with van der Waals surface area (Å²) in [7, 11) is 0. The molecule has 0 spiro atoms. The first kappa shape index (κ1) is 14.4. The van der Waals surface area contributed by atoms with Gasteiger partial charge in [0.1, 0.15) is 24.5 Å². The zero-order chi connectivity index (χ0) is 13.8. The molecule has 0 unspecified atom stereocenters. The first-order valence-electron chi connectivity index (χ1n) is 6.56. The van der Waals surface area contributed by atoms with E-state index in [2.05, 4.69) is 5.32 Å². The number of rotatable bonds is 4. The van der Waals surface area contributed by atoms with Crippen LogP contribution in [0.2, 0.25) is 0 Å². The molecule has 1 aromatic carbocycles. The Balaban J connectivity index is 1.82. The number of ether oxygens (including phenoxy) is 1. The summed E-state index contributed by atoms with van der Waals surface area (Å²) in [5.74, 6) is 0. The van der Waals surface area contributed by atoms with E-state index in [4.69, 9.17) is 4.74 Å². The highest BCUT2D eigenvalue weighted by molar-refractivity contribution is 5.14. The van der Waals surface area contributed by atoms with Crippen molar-refractivity contribution in [2.24, 2.45) is 0 Å². The molecule has 5 nitrogen and oxygen atoms in total. The minimum Gasteiger partial charge on any atom is -0.388 e. The Morgan fingerprint density at radius 1 is 1.05 bits per heavy atom. The van der Waals surface area contributed by atoms with E-state index < -0.39 is 30.6 Å². The molecule has 1 aliphatic rings. The third-order valence-corrected chi connectivity index (χ3v) is 3.45. The predicted molar refractivity (Wildman–Crippen MR) is 70.5 cm³/mol. The van der Waals surface area contributed by atoms with Crippen LogP contribution < -0.4 is 5.32 Å². The van der Waals surface area contributed by atoms with Crippen LogP contribution in [0, 0.1) is 0 Å². The SMILES string of the molecule is C[C@@H]1O[C@@H](NCCc2ccccc2)[C@@H](O)[C@@H](O)[C@@H]1O. The molecule has 0 radical (unpaired) electrons.